The van der Waals surface area contributed by atoms with Crippen molar-refractivity contribution in [2.45, 2.75) is 44.9 Å². The lowest BCUT2D eigenvalue weighted by atomic mass is 9.96. The lowest BCUT2D eigenvalue weighted by Gasteiger charge is -2.30. The second kappa shape index (κ2) is 8.56. The largest absolute Gasteiger partial charge is 0.506 e. The van der Waals surface area contributed by atoms with E-state index < -0.39 is 0 Å². The number of rotatable bonds is 5. The Hall–Kier alpha value is -2.90. The average molecular weight is 449 g/mol. The van der Waals surface area contributed by atoms with Crippen LogP contribution in [0.5, 0.6) is 5.75 Å². The van der Waals surface area contributed by atoms with Crippen molar-refractivity contribution in [2.75, 3.05) is 13.2 Å². The van der Waals surface area contributed by atoms with Crippen molar-refractivity contribution >= 4 is 17.3 Å². The Kier molecular flexibility index (Phi) is 5.61. The van der Waals surface area contributed by atoms with Gasteiger partial charge >= 0.3 is 0 Å². The fraction of sp³-hybridized carbons (Fsp3) is 0.360. The third-order valence-electron chi connectivity index (χ3n) is 6.53. The Morgan fingerprint density at radius 2 is 2.00 bits per heavy atom. The summed E-state index contributed by atoms with van der Waals surface area (Å²) in [4.78, 5) is 6.91. The highest BCUT2D eigenvalue weighted by atomic mass is 32.1. The first kappa shape index (κ1) is 21.0. The SMILES string of the molecule is Cc1cc([C@@H]2[C@@H](c3ccccn3)NC(=S)N2C[C@H]2CCCO2)c(C)n1-c1ccccc1O. The van der Waals surface area contributed by atoms with Gasteiger partial charge in [0.15, 0.2) is 5.11 Å². The van der Waals surface area contributed by atoms with Crippen molar-refractivity contribution in [1.82, 2.24) is 19.8 Å². The number of para-hydroxylation sites is 2. The van der Waals surface area contributed by atoms with Gasteiger partial charge in [0.05, 0.1) is 29.6 Å². The summed E-state index contributed by atoms with van der Waals surface area (Å²) >= 11 is 5.81. The topological polar surface area (TPSA) is 62.5 Å². The maximum Gasteiger partial charge on any atom is 0.170 e. The number of pyridine rings is 1. The number of thiocarbonyl (C=S) groups is 1. The summed E-state index contributed by atoms with van der Waals surface area (Å²) in [6.45, 7) is 5.74. The van der Waals surface area contributed by atoms with E-state index in [1.165, 1.54) is 5.56 Å². The molecule has 2 N–H and O–H groups in total. The first-order valence-corrected chi connectivity index (χ1v) is 11.5. The maximum absolute atomic E-state index is 10.5. The van der Waals surface area contributed by atoms with Gasteiger partial charge in [0.1, 0.15) is 5.75 Å². The molecule has 2 aliphatic heterocycles. The van der Waals surface area contributed by atoms with Crippen LogP contribution in [0.15, 0.2) is 54.7 Å². The number of aromatic hydroxyl groups is 1. The Bertz CT molecular complexity index is 1120. The molecule has 0 unspecified atom stereocenters. The van der Waals surface area contributed by atoms with Gasteiger partial charge in [-0.15, -0.1) is 0 Å². The highest BCUT2D eigenvalue weighted by molar-refractivity contribution is 7.80. The molecule has 32 heavy (non-hydrogen) atoms. The van der Waals surface area contributed by atoms with Crippen molar-refractivity contribution in [1.29, 1.82) is 0 Å². The summed E-state index contributed by atoms with van der Waals surface area (Å²) < 4.78 is 8.07. The number of benzene rings is 1. The number of hydrogen-bond donors (Lipinski definition) is 2. The van der Waals surface area contributed by atoms with E-state index in [9.17, 15) is 5.11 Å². The number of ether oxygens (including phenoxy) is 1. The number of hydrogen-bond acceptors (Lipinski definition) is 4. The van der Waals surface area contributed by atoms with E-state index in [2.05, 4.69) is 39.7 Å². The molecular formula is C25H28N4O2S. The van der Waals surface area contributed by atoms with E-state index >= 15 is 0 Å². The lowest BCUT2D eigenvalue weighted by molar-refractivity contribution is 0.0842. The van der Waals surface area contributed by atoms with E-state index in [1.54, 1.807) is 6.07 Å². The van der Waals surface area contributed by atoms with E-state index in [4.69, 9.17) is 17.0 Å². The van der Waals surface area contributed by atoms with Crippen LogP contribution in [0.1, 0.15) is 47.6 Å². The van der Waals surface area contributed by atoms with Gasteiger partial charge in [-0.3, -0.25) is 4.98 Å². The summed E-state index contributed by atoms with van der Waals surface area (Å²) in [6, 6.07) is 15.6. The molecule has 2 fully saturated rings. The Morgan fingerprint density at radius 3 is 2.72 bits per heavy atom. The first-order valence-electron chi connectivity index (χ1n) is 11.1. The summed E-state index contributed by atoms with van der Waals surface area (Å²) in [7, 11) is 0. The molecule has 3 aromatic rings. The molecule has 2 aliphatic rings. The van der Waals surface area contributed by atoms with Crippen molar-refractivity contribution in [2.24, 2.45) is 0 Å². The number of aryl methyl sites for hydroxylation is 1. The molecule has 0 aliphatic carbocycles. The van der Waals surface area contributed by atoms with E-state index in [0.29, 0.717) is 0 Å². The van der Waals surface area contributed by atoms with Gasteiger partial charge in [-0.2, -0.15) is 0 Å². The zero-order chi connectivity index (χ0) is 22.2. The van der Waals surface area contributed by atoms with Crippen LogP contribution in [0.25, 0.3) is 5.69 Å². The first-order chi connectivity index (χ1) is 15.5. The van der Waals surface area contributed by atoms with Gasteiger partial charge in [-0.25, -0.2) is 0 Å². The molecular weight excluding hydrogens is 420 g/mol. The van der Waals surface area contributed by atoms with Crippen LogP contribution in [0.4, 0.5) is 0 Å². The Balaban J connectivity index is 1.60. The highest BCUT2D eigenvalue weighted by Gasteiger charge is 2.42. The smallest absolute Gasteiger partial charge is 0.170 e. The summed E-state index contributed by atoms with van der Waals surface area (Å²) in [5, 5.41) is 14.8. The van der Waals surface area contributed by atoms with Crippen LogP contribution >= 0.6 is 12.2 Å². The zero-order valence-electron chi connectivity index (χ0n) is 18.4. The molecule has 6 nitrogen and oxygen atoms in total. The summed E-state index contributed by atoms with van der Waals surface area (Å²) in [6.07, 6.45) is 4.15. The predicted molar refractivity (Wildman–Crippen MR) is 128 cm³/mol. The molecule has 0 radical (unpaired) electrons. The van der Waals surface area contributed by atoms with Gasteiger partial charge in [-0.1, -0.05) is 18.2 Å². The van der Waals surface area contributed by atoms with Gasteiger partial charge in [-0.05, 0) is 74.8 Å². The van der Waals surface area contributed by atoms with Crippen LogP contribution < -0.4 is 5.32 Å². The highest BCUT2D eigenvalue weighted by Crippen LogP contribution is 2.42. The summed E-state index contributed by atoms with van der Waals surface area (Å²) in [5.41, 5.74) is 5.06. The molecule has 0 amide bonds. The monoisotopic (exact) mass is 448 g/mol. The predicted octanol–water partition coefficient (Wildman–Crippen LogP) is 4.35. The van der Waals surface area contributed by atoms with E-state index in [-0.39, 0.29) is 23.9 Å². The molecule has 0 saturated carbocycles. The molecule has 0 spiro atoms. The zero-order valence-corrected chi connectivity index (χ0v) is 19.2. The van der Waals surface area contributed by atoms with E-state index in [1.807, 2.05) is 42.6 Å². The second-order valence-electron chi connectivity index (χ2n) is 8.56. The van der Waals surface area contributed by atoms with Gasteiger partial charge < -0.3 is 24.6 Å². The van der Waals surface area contributed by atoms with E-state index in [0.717, 1.165) is 53.9 Å². The lowest BCUT2D eigenvalue weighted by Crippen LogP contribution is -2.36. The number of phenols is 1. The molecule has 4 heterocycles. The minimum Gasteiger partial charge on any atom is -0.506 e. The fourth-order valence-electron chi connectivity index (χ4n) is 5.06. The molecule has 1 aromatic carbocycles. The minimum absolute atomic E-state index is 0.0209. The Morgan fingerprint density at radius 1 is 1.19 bits per heavy atom. The standard InChI is InChI=1S/C25H28N4O2S/c1-16-14-19(17(2)29(16)21-10-3-4-11-22(21)30)24-23(20-9-5-6-12-26-20)27-25(32)28(24)15-18-8-7-13-31-18/h3-6,9-12,14,18,23-24,30H,7-8,13,15H2,1-2H3,(H,27,32)/t18-,23-,24-/m1/s1. The number of nitrogens with zero attached hydrogens (tertiary/aromatic N) is 3. The minimum atomic E-state index is -0.0663. The normalized spacial score (nSPS) is 23.0. The third-order valence-corrected chi connectivity index (χ3v) is 6.89. The molecule has 3 atom stereocenters. The maximum atomic E-state index is 10.5. The van der Waals surface area contributed by atoms with Gasteiger partial charge in [0.25, 0.3) is 0 Å². The van der Waals surface area contributed by atoms with Crippen molar-refractivity contribution in [3.8, 4) is 11.4 Å². The van der Waals surface area contributed by atoms with Crippen LogP contribution in [0.2, 0.25) is 0 Å². The van der Waals surface area contributed by atoms with Gasteiger partial charge in [0.2, 0.25) is 0 Å². The third kappa shape index (κ3) is 3.65. The molecule has 5 rings (SSSR count). The van der Waals surface area contributed by atoms with Crippen LogP contribution in [0.3, 0.4) is 0 Å². The second-order valence-corrected chi connectivity index (χ2v) is 8.95. The molecule has 2 aromatic heterocycles. The average Bonchev–Trinajstić information content (AvgIpc) is 3.49. The van der Waals surface area contributed by atoms with Crippen LogP contribution in [-0.2, 0) is 4.74 Å². The summed E-state index contributed by atoms with van der Waals surface area (Å²) in [5.74, 6) is 0.262. The van der Waals surface area contributed by atoms with Crippen molar-refractivity contribution < 1.29 is 9.84 Å². The van der Waals surface area contributed by atoms with Crippen molar-refractivity contribution in [3.05, 3.63) is 77.4 Å². The Labute approximate surface area is 193 Å². The fourth-order valence-corrected chi connectivity index (χ4v) is 5.37. The molecule has 0 bridgehead atoms. The van der Waals surface area contributed by atoms with Crippen LogP contribution in [-0.4, -0.2) is 43.9 Å². The van der Waals surface area contributed by atoms with Gasteiger partial charge in [0, 0.05) is 30.7 Å². The van der Waals surface area contributed by atoms with Crippen molar-refractivity contribution in [3.63, 3.8) is 0 Å². The quantitative estimate of drug-likeness (QED) is 0.566. The molecule has 166 valence electrons. The number of nitrogens with one attached hydrogen (secondary N) is 1. The number of phenolic OH excluding ortho intramolecular Hbond substituents is 1. The number of aromatic nitrogens is 2. The molecule has 7 heteroatoms. The molecule has 2 saturated heterocycles. The van der Waals surface area contributed by atoms with Crippen LogP contribution in [0, 0.1) is 13.8 Å².